The van der Waals surface area contributed by atoms with Crippen LogP contribution in [0.15, 0.2) is 132 Å². The molecular formula is C40H27BN2O. The molecule has 4 heteroatoms. The Bertz CT molecular complexity index is 2470. The Balaban J connectivity index is 1.38. The molecule has 2 aliphatic rings. The molecule has 6 aromatic carbocycles. The van der Waals surface area contributed by atoms with Crippen molar-refractivity contribution >= 4 is 61.9 Å². The highest BCUT2D eigenvalue weighted by Gasteiger charge is 2.44. The van der Waals surface area contributed by atoms with Crippen molar-refractivity contribution < 1.29 is 4.42 Å². The highest BCUT2D eigenvalue weighted by Crippen LogP contribution is 2.46. The zero-order chi connectivity index (χ0) is 29.1. The zero-order valence-electron chi connectivity index (χ0n) is 24.5. The van der Waals surface area contributed by atoms with Gasteiger partial charge >= 0.3 is 6.85 Å². The van der Waals surface area contributed by atoms with E-state index in [1.165, 1.54) is 72.0 Å². The maximum absolute atomic E-state index is 6.58. The van der Waals surface area contributed by atoms with Crippen LogP contribution in [0.3, 0.4) is 0 Å². The summed E-state index contributed by atoms with van der Waals surface area (Å²) in [6.45, 7) is 4.43. The molecule has 0 aliphatic carbocycles. The van der Waals surface area contributed by atoms with E-state index >= 15 is 0 Å². The van der Waals surface area contributed by atoms with E-state index in [-0.39, 0.29) is 6.85 Å². The number of nitrogens with zero attached hydrogens (tertiary/aromatic N) is 2. The second kappa shape index (κ2) is 8.55. The van der Waals surface area contributed by atoms with Gasteiger partial charge in [0.15, 0.2) is 0 Å². The fraction of sp³-hybridized carbons (Fsp3) is 0.0500. The fourth-order valence-corrected chi connectivity index (χ4v) is 7.86. The van der Waals surface area contributed by atoms with Gasteiger partial charge in [-0.3, -0.25) is 0 Å². The maximum Gasteiger partial charge on any atom is 0.333 e. The molecule has 8 aromatic rings. The minimum atomic E-state index is -0.00278. The van der Waals surface area contributed by atoms with E-state index in [9.17, 15) is 0 Å². The number of anilines is 2. The van der Waals surface area contributed by atoms with Gasteiger partial charge in [0.2, 0.25) is 0 Å². The van der Waals surface area contributed by atoms with Crippen LogP contribution in [-0.2, 0) is 0 Å². The number of furan rings is 1. The van der Waals surface area contributed by atoms with Crippen molar-refractivity contribution in [2.75, 3.05) is 4.81 Å². The SMILES string of the molecule is Cc1ccc(N2B3c4cc5cc(-c6ccccc6)oc5cc4-n4c5ccccc5c5c(C)cc(c3c54)-c3ccccc32)cc1. The molecule has 0 atom stereocenters. The van der Waals surface area contributed by atoms with Crippen LogP contribution in [0.4, 0.5) is 11.4 Å². The molecule has 4 heterocycles. The average Bonchev–Trinajstić information content (AvgIpc) is 3.64. The molecule has 10 rings (SSSR count). The molecule has 0 N–H and O–H groups in total. The molecule has 3 nitrogen and oxygen atoms in total. The summed E-state index contributed by atoms with van der Waals surface area (Å²) in [5, 5.41) is 3.75. The maximum atomic E-state index is 6.58. The van der Waals surface area contributed by atoms with Crippen molar-refractivity contribution in [3.63, 3.8) is 0 Å². The number of hydrogen-bond acceptors (Lipinski definition) is 2. The third kappa shape index (κ3) is 3.07. The summed E-state index contributed by atoms with van der Waals surface area (Å²) in [5.41, 5.74) is 16.0. The lowest BCUT2D eigenvalue weighted by molar-refractivity contribution is 0.631. The summed E-state index contributed by atoms with van der Waals surface area (Å²) in [4.78, 5) is 2.57. The smallest absolute Gasteiger partial charge is 0.333 e. The standard InChI is InChI=1S/C40H27BN2O/c1-24-16-18-28(19-17-24)43-34-15-9-6-12-29(34)31-20-25(2)38-30-13-7-8-14-33(30)42-35-23-37-27(21-32(35)41(43)39(31)40(38)42)22-36(44-37)26-10-4-3-5-11-26/h3-23H,1-2H3. The first-order chi connectivity index (χ1) is 21.7. The summed E-state index contributed by atoms with van der Waals surface area (Å²) >= 11 is 0. The lowest BCUT2D eigenvalue weighted by Gasteiger charge is -2.42. The number of hydrogen-bond donors (Lipinski definition) is 0. The van der Waals surface area contributed by atoms with E-state index in [1.807, 2.05) is 6.07 Å². The Labute approximate surface area is 255 Å². The van der Waals surface area contributed by atoms with Gasteiger partial charge in [-0.15, -0.1) is 0 Å². The van der Waals surface area contributed by atoms with Gasteiger partial charge < -0.3 is 13.8 Å². The van der Waals surface area contributed by atoms with E-state index in [0.717, 1.165) is 22.3 Å². The molecule has 2 aliphatic heterocycles. The van der Waals surface area contributed by atoms with Gasteiger partial charge in [0.05, 0.1) is 11.0 Å². The minimum absolute atomic E-state index is 0.00278. The van der Waals surface area contributed by atoms with Crippen molar-refractivity contribution in [1.29, 1.82) is 0 Å². The summed E-state index contributed by atoms with van der Waals surface area (Å²) in [6, 6.07) is 46.5. The molecule has 0 amide bonds. The van der Waals surface area contributed by atoms with Crippen LogP contribution in [0, 0.1) is 13.8 Å². The van der Waals surface area contributed by atoms with Crippen LogP contribution in [0.2, 0.25) is 0 Å². The number of para-hydroxylation sites is 2. The Kier molecular flexibility index (Phi) is 4.67. The molecule has 0 saturated carbocycles. The Hall–Kier alpha value is -5.48. The van der Waals surface area contributed by atoms with Crippen molar-refractivity contribution in [3.05, 3.63) is 139 Å². The van der Waals surface area contributed by atoms with Crippen LogP contribution < -0.4 is 15.7 Å². The quantitative estimate of drug-likeness (QED) is 0.196. The molecule has 0 unspecified atom stereocenters. The van der Waals surface area contributed by atoms with Gasteiger partial charge in [-0.1, -0.05) is 96.6 Å². The van der Waals surface area contributed by atoms with E-state index < -0.39 is 0 Å². The molecule has 206 valence electrons. The number of rotatable bonds is 2. The fourth-order valence-electron chi connectivity index (χ4n) is 7.86. The summed E-state index contributed by atoms with van der Waals surface area (Å²) in [6.07, 6.45) is 0. The van der Waals surface area contributed by atoms with E-state index in [0.29, 0.717) is 0 Å². The third-order valence-corrected chi connectivity index (χ3v) is 9.73. The lowest BCUT2D eigenvalue weighted by Crippen LogP contribution is -2.60. The molecule has 0 bridgehead atoms. The monoisotopic (exact) mass is 562 g/mol. The van der Waals surface area contributed by atoms with Crippen molar-refractivity contribution in [2.45, 2.75) is 13.8 Å². The zero-order valence-corrected chi connectivity index (χ0v) is 24.5. The number of fused-ring (bicyclic) bond motifs is 9. The number of aryl methyl sites for hydroxylation is 2. The van der Waals surface area contributed by atoms with Crippen molar-refractivity contribution in [3.8, 4) is 28.1 Å². The summed E-state index contributed by atoms with van der Waals surface area (Å²) < 4.78 is 9.08. The first-order valence-corrected chi connectivity index (χ1v) is 15.3. The van der Waals surface area contributed by atoms with Gasteiger partial charge in [0.1, 0.15) is 11.3 Å². The second-order valence-electron chi connectivity index (χ2n) is 12.3. The summed E-state index contributed by atoms with van der Waals surface area (Å²) in [7, 11) is 0. The first kappa shape index (κ1) is 24.0. The van der Waals surface area contributed by atoms with E-state index in [2.05, 4.69) is 145 Å². The van der Waals surface area contributed by atoms with Gasteiger partial charge in [0, 0.05) is 50.4 Å². The molecule has 0 spiro atoms. The average molecular weight is 562 g/mol. The topological polar surface area (TPSA) is 21.3 Å². The predicted octanol–water partition coefficient (Wildman–Crippen LogP) is 9.05. The number of benzene rings is 6. The lowest BCUT2D eigenvalue weighted by atomic mass is 9.44. The Morgan fingerprint density at radius 1 is 0.659 bits per heavy atom. The van der Waals surface area contributed by atoms with Crippen LogP contribution in [0.25, 0.3) is 60.9 Å². The van der Waals surface area contributed by atoms with E-state index in [1.54, 1.807) is 0 Å². The molecule has 0 fully saturated rings. The van der Waals surface area contributed by atoms with Crippen LogP contribution in [-0.4, -0.2) is 11.4 Å². The highest BCUT2D eigenvalue weighted by atomic mass is 16.3. The predicted molar refractivity (Wildman–Crippen MR) is 185 cm³/mol. The van der Waals surface area contributed by atoms with Crippen LogP contribution in [0.1, 0.15) is 11.1 Å². The van der Waals surface area contributed by atoms with Crippen molar-refractivity contribution in [2.24, 2.45) is 0 Å². The molecule has 44 heavy (non-hydrogen) atoms. The number of aromatic nitrogens is 1. The molecule has 0 radical (unpaired) electrons. The van der Waals surface area contributed by atoms with Gasteiger partial charge in [-0.2, -0.15) is 0 Å². The van der Waals surface area contributed by atoms with Gasteiger partial charge in [-0.25, -0.2) is 0 Å². The normalized spacial score (nSPS) is 13.1. The second-order valence-corrected chi connectivity index (χ2v) is 12.3. The third-order valence-electron chi connectivity index (χ3n) is 9.73. The van der Waals surface area contributed by atoms with Crippen molar-refractivity contribution in [1.82, 2.24) is 4.57 Å². The van der Waals surface area contributed by atoms with E-state index in [4.69, 9.17) is 4.42 Å². The molecule has 0 saturated heterocycles. The van der Waals surface area contributed by atoms with Gasteiger partial charge in [0.25, 0.3) is 0 Å². The Morgan fingerprint density at radius 3 is 2.30 bits per heavy atom. The van der Waals surface area contributed by atoms with Crippen LogP contribution in [0.5, 0.6) is 0 Å². The van der Waals surface area contributed by atoms with Crippen LogP contribution >= 0.6 is 0 Å². The molecular weight excluding hydrogens is 535 g/mol. The minimum Gasteiger partial charge on any atom is -0.456 e. The first-order valence-electron chi connectivity index (χ1n) is 15.3. The van der Waals surface area contributed by atoms with Gasteiger partial charge in [-0.05, 0) is 66.2 Å². The Morgan fingerprint density at radius 2 is 1.43 bits per heavy atom. The largest absolute Gasteiger partial charge is 0.456 e. The summed E-state index contributed by atoms with van der Waals surface area (Å²) in [5.74, 6) is 0.892. The highest BCUT2D eigenvalue weighted by molar-refractivity contribution is 6.93. The molecule has 2 aromatic heterocycles.